The predicted molar refractivity (Wildman–Crippen MR) is 101 cm³/mol. The molecule has 0 aliphatic carbocycles. The highest BCUT2D eigenvalue weighted by atomic mass is 35.5. The highest BCUT2D eigenvalue weighted by Crippen LogP contribution is 2.22. The third kappa shape index (κ3) is 4.82. The van der Waals surface area contributed by atoms with Crippen molar-refractivity contribution >= 4 is 23.2 Å². The lowest BCUT2D eigenvalue weighted by Crippen LogP contribution is -2.37. The first-order valence-corrected chi connectivity index (χ1v) is 8.98. The lowest BCUT2D eigenvalue weighted by Gasteiger charge is -2.21. The number of rotatable bonds is 6. The molecule has 0 unspecified atom stereocenters. The summed E-state index contributed by atoms with van der Waals surface area (Å²) in [5, 5.41) is 6.95. The van der Waals surface area contributed by atoms with Gasteiger partial charge < -0.3 is 10.1 Å². The largest absolute Gasteiger partial charge is 0.377 e. The van der Waals surface area contributed by atoms with Gasteiger partial charge in [0.1, 0.15) is 6.04 Å². The molecular weight excluding hydrogens is 336 g/mol. The van der Waals surface area contributed by atoms with Crippen LogP contribution in [-0.4, -0.2) is 25.2 Å². The number of hydrogen-bond donors (Lipinski definition) is 2. The zero-order valence-corrected chi connectivity index (χ0v) is 15.1. The van der Waals surface area contributed by atoms with Crippen molar-refractivity contribution in [2.75, 3.05) is 18.5 Å². The second-order valence-corrected chi connectivity index (χ2v) is 6.75. The Hall–Kier alpha value is -1.88. The Labute approximate surface area is 153 Å². The molecule has 1 saturated heterocycles. The number of aryl methyl sites for hydroxylation is 1. The standard InChI is InChI=1S/C20H23ClN2O2/c1-14-9-10-16(12-18(14)21)23-20(24)19(15-6-3-2-4-7-15)22-13-17-8-5-11-25-17/h2-4,6-7,9-10,12,17,19,22H,5,8,11,13H2,1H3,(H,23,24)/t17-,19+/m1/s1. The molecule has 1 heterocycles. The van der Waals surface area contributed by atoms with Crippen LogP contribution in [0.2, 0.25) is 5.02 Å². The van der Waals surface area contributed by atoms with Crippen molar-refractivity contribution < 1.29 is 9.53 Å². The van der Waals surface area contributed by atoms with Crippen molar-refractivity contribution in [2.45, 2.75) is 31.9 Å². The fourth-order valence-electron chi connectivity index (χ4n) is 2.95. The SMILES string of the molecule is Cc1ccc(NC(=O)[C@@H](NC[C@H]2CCCO2)c2ccccc2)cc1Cl. The van der Waals surface area contributed by atoms with E-state index in [0.29, 0.717) is 17.3 Å². The van der Waals surface area contributed by atoms with Crippen LogP contribution in [0.3, 0.4) is 0 Å². The summed E-state index contributed by atoms with van der Waals surface area (Å²) in [5.74, 6) is -0.107. The third-order valence-corrected chi connectivity index (χ3v) is 4.82. The monoisotopic (exact) mass is 358 g/mol. The Morgan fingerprint density at radius 2 is 2.08 bits per heavy atom. The van der Waals surface area contributed by atoms with Crippen molar-refractivity contribution in [2.24, 2.45) is 0 Å². The summed E-state index contributed by atoms with van der Waals surface area (Å²) in [6, 6.07) is 14.8. The molecule has 132 valence electrons. The van der Waals surface area contributed by atoms with E-state index < -0.39 is 6.04 Å². The molecule has 0 bridgehead atoms. The predicted octanol–water partition coefficient (Wildman–Crippen LogP) is 4.10. The van der Waals surface area contributed by atoms with Gasteiger partial charge >= 0.3 is 0 Å². The maximum atomic E-state index is 12.9. The van der Waals surface area contributed by atoms with E-state index in [9.17, 15) is 4.79 Å². The minimum absolute atomic E-state index is 0.107. The summed E-state index contributed by atoms with van der Waals surface area (Å²) in [7, 11) is 0. The maximum Gasteiger partial charge on any atom is 0.246 e. The highest BCUT2D eigenvalue weighted by molar-refractivity contribution is 6.31. The fraction of sp³-hybridized carbons (Fsp3) is 0.350. The Morgan fingerprint density at radius 3 is 2.76 bits per heavy atom. The van der Waals surface area contributed by atoms with Crippen molar-refractivity contribution in [3.8, 4) is 0 Å². The molecule has 0 radical (unpaired) electrons. The normalized spacial score (nSPS) is 18.1. The number of halogens is 1. The molecule has 5 heteroatoms. The number of benzene rings is 2. The molecule has 3 rings (SSSR count). The summed E-state index contributed by atoms with van der Waals surface area (Å²) in [4.78, 5) is 12.9. The molecule has 2 atom stereocenters. The summed E-state index contributed by atoms with van der Waals surface area (Å²) >= 11 is 6.16. The summed E-state index contributed by atoms with van der Waals surface area (Å²) in [5.41, 5.74) is 2.60. The molecule has 2 aromatic carbocycles. The van der Waals surface area contributed by atoms with Crippen molar-refractivity contribution in [3.05, 3.63) is 64.7 Å². The van der Waals surface area contributed by atoms with Gasteiger partial charge in [-0.25, -0.2) is 0 Å². The molecule has 2 N–H and O–H groups in total. The second-order valence-electron chi connectivity index (χ2n) is 6.34. The molecule has 0 aromatic heterocycles. The lowest BCUT2D eigenvalue weighted by atomic mass is 10.1. The molecule has 25 heavy (non-hydrogen) atoms. The Balaban J connectivity index is 1.72. The first kappa shape index (κ1) is 17.9. The molecular formula is C20H23ClN2O2. The van der Waals surface area contributed by atoms with Gasteiger partial charge in [-0.2, -0.15) is 0 Å². The number of ether oxygens (including phenoxy) is 1. The van der Waals surface area contributed by atoms with E-state index in [2.05, 4.69) is 10.6 Å². The number of carbonyl (C=O) groups is 1. The quantitative estimate of drug-likeness (QED) is 0.817. The average Bonchev–Trinajstić information content (AvgIpc) is 3.13. The summed E-state index contributed by atoms with van der Waals surface area (Å²) in [6.45, 7) is 3.39. The van der Waals surface area contributed by atoms with Gasteiger partial charge in [-0.15, -0.1) is 0 Å². The molecule has 2 aromatic rings. The number of nitrogens with one attached hydrogen (secondary N) is 2. The van der Waals surface area contributed by atoms with Crippen LogP contribution in [0.5, 0.6) is 0 Å². The van der Waals surface area contributed by atoms with Crippen LogP contribution in [0, 0.1) is 6.92 Å². The number of carbonyl (C=O) groups excluding carboxylic acids is 1. The van der Waals surface area contributed by atoms with Gasteiger partial charge in [-0.1, -0.05) is 48.0 Å². The zero-order valence-electron chi connectivity index (χ0n) is 14.3. The van der Waals surface area contributed by atoms with Crippen molar-refractivity contribution in [1.82, 2.24) is 5.32 Å². The minimum atomic E-state index is -0.439. The van der Waals surface area contributed by atoms with Crippen LogP contribution in [0.1, 0.15) is 30.0 Å². The van der Waals surface area contributed by atoms with Gasteiger partial charge in [-0.05, 0) is 43.0 Å². The number of amides is 1. The van der Waals surface area contributed by atoms with Gasteiger partial charge in [0.05, 0.1) is 6.10 Å². The van der Waals surface area contributed by atoms with Crippen LogP contribution in [-0.2, 0) is 9.53 Å². The van der Waals surface area contributed by atoms with Crippen LogP contribution in [0.15, 0.2) is 48.5 Å². The second kappa shape index (κ2) is 8.48. The Kier molecular flexibility index (Phi) is 6.08. The van der Waals surface area contributed by atoms with Gasteiger partial charge in [0.2, 0.25) is 5.91 Å². The van der Waals surface area contributed by atoms with E-state index in [1.165, 1.54) is 0 Å². The van der Waals surface area contributed by atoms with Gasteiger partial charge in [0, 0.05) is 23.9 Å². The molecule has 4 nitrogen and oxygen atoms in total. The van der Waals surface area contributed by atoms with Crippen molar-refractivity contribution in [3.63, 3.8) is 0 Å². The van der Waals surface area contributed by atoms with E-state index in [4.69, 9.17) is 16.3 Å². The van der Waals surface area contributed by atoms with Gasteiger partial charge in [0.15, 0.2) is 0 Å². The molecule has 1 aliphatic rings. The first-order valence-electron chi connectivity index (χ1n) is 8.60. The van der Waals surface area contributed by atoms with E-state index >= 15 is 0 Å². The molecule has 1 amide bonds. The van der Waals surface area contributed by atoms with Crippen LogP contribution < -0.4 is 10.6 Å². The van der Waals surface area contributed by atoms with Crippen LogP contribution >= 0.6 is 11.6 Å². The lowest BCUT2D eigenvalue weighted by molar-refractivity contribution is -0.118. The Morgan fingerprint density at radius 1 is 1.28 bits per heavy atom. The minimum Gasteiger partial charge on any atom is -0.377 e. The first-order chi connectivity index (χ1) is 12.1. The average molecular weight is 359 g/mol. The van der Waals surface area contributed by atoms with Gasteiger partial charge in [-0.3, -0.25) is 10.1 Å². The van der Waals surface area contributed by atoms with Gasteiger partial charge in [0.25, 0.3) is 0 Å². The van der Waals surface area contributed by atoms with Crippen molar-refractivity contribution in [1.29, 1.82) is 0 Å². The molecule has 1 aliphatic heterocycles. The van der Waals surface area contributed by atoms with E-state index in [1.807, 2.05) is 49.4 Å². The topological polar surface area (TPSA) is 50.4 Å². The Bertz CT molecular complexity index is 715. The smallest absolute Gasteiger partial charge is 0.246 e. The van der Waals surface area contributed by atoms with Crippen LogP contribution in [0.25, 0.3) is 0 Å². The molecule has 0 saturated carbocycles. The molecule has 1 fully saturated rings. The number of hydrogen-bond acceptors (Lipinski definition) is 3. The van der Waals surface area contributed by atoms with E-state index in [0.717, 1.165) is 30.6 Å². The zero-order chi connectivity index (χ0) is 17.6. The third-order valence-electron chi connectivity index (χ3n) is 4.41. The van der Waals surface area contributed by atoms with E-state index in [-0.39, 0.29) is 12.0 Å². The summed E-state index contributed by atoms with van der Waals surface area (Å²) < 4.78 is 5.65. The highest BCUT2D eigenvalue weighted by Gasteiger charge is 2.23. The van der Waals surface area contributed by atoms with E-state index in [1.54, 1.807) is 6.07 Å². The summed E-state index contributed by atoms with van der Waals surface area (Å²) in [6.07, 6.45) is 2.29. The van der Waals surface area contributed by atoms with Crippen LogP contribution in [0.4, 0.5) is 5.69 Å². The molecule has 0 spiro atoms. The fourth-order valence-corrected chi connectivity index (χ4v) is 3.13. The maximum absolute atomic E-state index is 12.9. The number of anilines is 1.